The standard InChI is InChI=1S/C21H28N2O3/c1-2-20(25)23-11-9-21(10-12-23)14-15(13-19(24)22-16-7-8-16)17-5-3-4-6-18(17)26-21/h3-6,15-16H,2,7-14H2,1H3,(H,22,24)/t15-/m0/s1. The topological polar surface area (TPSA) is 58.6 Å². The SMILES string of the molecule is CCC(=O)N1CCC2(CC1)C[C@H](CC(=O)NC1CC1)c1ccccc1O2. The van der Waals surface area contributed by atoms with Gasteiger partial charge in [-0.3, -0.25) is 9.59 Å². The number of para-hydroxylation sites is 1. The summed E-state index contributed by atoms with van der Waals surface area (Å²) in [6, 6.07) is 8.53. The summed E-state index contributed by atoms with van der Waals surface area (Å²) >= 11 is 0. The van der Waals surface area contributed by atoms with Gasteiger partial charge in [0.2, 0.25) is 11.8 Å². The highest BCUT2D eigenvalue weighted by molar-refractivity contribution is 5.78. The van der Waals surface area contributed by atoms with Gasteiger partial charge in [-0.2, -0.15) is 0 Å². The molecule has 1 saturated carbocycles. The maximum absolute atomic E-state index is 12.4. The molecule has 0 bridgehead atoms. The molecule has 5 nitrogen and oxygen atoms in total. The van der Waals surface area contributed by atoms with E-state index in [1.807, 2.05) is 30.0 Å². The monoisotopic (exact) mass is 356 g/mol. The Morgan fingerprint density at radius 3 is 2.65 bits per heavy atom. The predicted molar refractivity (Wildman–Crippen MR) is 99.0 cm³/mol. The van der Waals surface area contributed by atoms with Crippen molar-refractivity contribution in [2.45, 2.75) is 69.4 Å². The first kappa shape index (κ1) is 17.4. The van der Waals surface area contributed by atoms with Crippen molar-refractivity contribution in [1.29, 1.82) is 0 Å². The maximum atomic E-state index is 12.4. The number of benzene rings is 1. The second kappa shape index (κ2) is 6.93. The lowest BCUT2D eigenvalue weighted by Crippen LogP contribution is -2.52. The van der Waals surface area contributed by atoms with E-state index in [4.69, 9.17) is 4.74 Å². The van der Waals surface area contributed by atoms with Crippen LogP contribution < -0.4 is 10.1 Å². The van der Waals surface area contributed by atoms with Gasteiger partial charge in [-0.05, 0) is 30.9 Å². The van der Waals surface area contributed by atoms with Crippen molar-refractivity contribution < 1.29 is 14.3 Å². The summed E-state index contributed by atoms with van der Waals surface area (Å²) in [6.45, 7) is 3.40. The lowest BCUT2D eigenvalue weighted by atomic mass is 9.76. The summed E-state index contributed by atoms with van der Waals surface area (Å²) in [5.74, 6) is 1.48. The number of piperidine rings is 1. The molecule has 1 spiro atoms. The fourth-order valence-electron chi connectivity index (χ4n) is 4.36. The number of hydrogen-bond acceptors (Lipinski definition) is 3. The highest BCUT2D eigenvalue weighted by Gasteiger charge is 2.44. The van der Waals surface area contributed by atoms with Crippen LogP contribution >= 0.6 is 0 Å². The van der Waals surface area contributed by atoms with Crippen molar-refractivity contribution >= 4 is 11.8 Å². The number of amides is 2. The van der Waals surface area contributed by atoms with Gasteiger partial charge in [0.25, 0.3) is 0 Å². The minimum atomic E-state index is -0.247. The summed E-state index contributed by atoms with van der Waals surface area (Å²) in [6.07, 6.45) is 5.84. The lowest BCUT2D eigenvalue weighted by molar-refractivity contribution is -0.135. The van der Waals surface area contributed by atoms with Crippen LogP contribution in [0.4, 0.5) is 0 Å². The minimum Gasteiger partial charge on any atom is -0.487 e. The summed E-state index contributed by atoms with van der Waals surface area (Å²) in [5.41, 5.74) is 0.903. The fourth-order valence-corrected chi connectivity index (χ4v) is 4.36. The van der Waals surface area contributed by atoms with Crippen LogP contribution in [-0.2, 0) is 9.59 Å². The molecule has 1 aromatic rings. The van der Waals surface area contributed by atoms with Crippen molar-refractivity contribution in [3.8, 4) is 5.75 Å². The number of hydrogen-bond donors (Lipinski definition) is 1. The maximum Gasteiger partial charge on any atom is 0.222 e. The smallest absolute Gasteiger partial charge is 0.222 e. The first-order valence-electron chi connectivity index (χ1n) is 9.94. The average molecular weight is 356 g/mol. The van der Waals surface area contributed by atoms with E-state index in [0.717, 1.165) is 56.5 Å². The molecule has 2 aliphatic heterocycles. The molecule has 140 valence electrons. The van der Waals surface area contributed by atoms with E-state index in [1.165, 1.54) is 0 Å². The van der Waals surface area contributed by atoms with Crippen molar-refractivity contribution in [2.24, 2.45) is 0 Å². The number of ether oxygens (including phenoxy) is 1. The van der Waals surface area contributed by atoms with E-state index in [0.29, 0.717) is 18.9 Å². The molecule has 0 unspecified atom stereocenters. The molecular weight excluding hydrogens is 328 g/mol. The molecule has 1 N–H and O–H groups in total. The van der Waals surface area contributed by atoms with Crippen LogP contribution in [0.3, 0.4) is 0 Å². The zero-order chi connectivity index (χ0) is 18.1. The number of nitrogens with zero attached hydrogens (tertiary/aromatic N) is 1. The minimum absolute atomic E-state index is 0.156. The molecule has 4 rings (SSSR count). The average Bonchev–Trinajstić information content (AvgIpc) is 3.45. The van der Waals surface area contributed by atoms with Gasteiger partial charge in [-0.15, -0.1) is 0 Å². The summed E-state index contributed by atoms with van der Waals surface area (Å²) in [5, 5.41) is 3.12. The number of rotatable bonds is 4. The second-order valence-electron chi connectivity index (χ2n) is 8.00. The molecule has 5 heteroatoms. The summed E-state index contributed by atoms with van der Waals surface area (Å²) < 4.78 is 6.46. The molecule has 2 amide bonds. The van der Waals surface area contributed by atoms with Gasteiger partial charge in [0.1, 0.15) is 11.4 Å². The van der Waals surface area contributed by atoms with Gasteiger partial charge in [0, 0.05) is 50.7 Å². The Morgan fingerprint density at radius 1 is 1.23 bits per heavy atom. The van der Waals surface area contributed by atoms with Gasteiger partial charge < -0.3 is 15.0 Å². The zero-order valence-electron chi connectivity index (χ0n) is 15.5. The number of carbonyl (C=O) groups is 2. The molecular formula is C21H28N2O3. The Morgan fingerprint density at radius 2 is 1.96 bits per heavy atom. The summed E-state index contributed by atoms with van der Waals surface area (Å²) in [4.78, 5) is 26.4. The molecule has 1 atom stereocenters. The number of fused-ring (bicyclic) bond motifs is 1. The number of carbonyl (C=O) groups excluding carboxylic acids is 2. The van der Waals surface area contributed by atoms with Gasteiger partial charge >= 0.3 is 0 Å². The first-order chi connectivity index (χ1) is 12.6. The highest BCUT2D eigenvalue weighted by atomic mass is 16.5. The van der Waals surface area contributed by atoms with E-state index in [9.17, 15) is 9.59 Å². The third-order valence-corrected chi connectivity index (χ3v) is 6.01. The quantitative estimate of drug-likeness (QED) is 0.902. The third-order valence-electron chi connectivity index (χ3n) is 6.01. The second-order valence-corrected chi connectivity index (χ2v) is 8.00. The molecule has 0 radical (unpaired) electrons. The van der Waals surface area contributed by atoms with Gasteiger partial charge in [0.05, 0.1) is 0 Å². The predicted octanol–water partition coefficient (Wildman–Crippen LogP) is 2.99. The molecule has 0 aromatic heterocycles. The number of likely N-dealkylation sites (tertiary alicyclic amines) is 1. The normalized spacial score (nSPS) is 23.9. The van der Waals surface area contributed by atoms with Crippen molar-refractivity contribution in [3.63, 3.8) is 0 Å². The molecule has 3 aliphatic rings. The third kappa shape index (κ3) is 3.57. The summed E-state index contributed by atoms with van der Waals surface area (Å²) in [7, 11) is 0. The van der Waals surface area contributed by atoms with Crippen LogP contribution in [-0.4, -0.2) is 41.4 Å². The van der Waals surface area contributed by atoms with Crippen LogP contribution in [0.5, 0.6) is 5.75 Å². The highest BCUT2D eigenvalue weighted by Crippen LogP contribution is 2.46. The number of nitrogens with one attached hydrogen (secondary N) is 1. The van der Waals surface area contributed by atoms with E-state index < -0.39 is 0 Å². The van der Waals surface area contributed by atoms with Crippen LogP contribution in [0.2, 0.25) is 0 Å². The Balaban J connectivity index is 1.50. The Labute approximate surface area is 155 Å². The largest absolute Gasteiger partial charge is 0.487 e. The van der Waals surface area contributed by atoms with E-state index >= 15 is 0 Å². The van der Waals surface area contributed by atoms with Crippen LogP contribution in [0, 0.1) is 0 Å². The van der Waals surface area contributed by atoms with Crippen LogP contribution in [0.15, 0.2) is 24.3 Å². The van der Waals surface area contributed by atoms with Crippen LogP contribution in [0.25, 0.3) is 0 Å². The Bertz CT molecular complexity index is 690. The van der Waals surface area contributed by atoms with Gasteiger partial charge in [0.15, 0.2) is 0 Å². The van der Waals surface area contributed by atoms with E-state index in [-0.39, 0.29) is 23.3 Å². The van der Waals surface area contributed by atoms with Crippen LogP contribution in [0.1, 0.15) is 63.4 Å². The first-order valence-corrected chi connectivity index (χ1v) is 9.94. The van der Waals surface area contributed by atoms with Crippen molar-refractivity contribution in [1.82, 2.24) is 10.2 Å². The Hall–Kier alpha value is -2.04. The lowest BCUT2D eigenvalue weighted by Gasteiger charge is -2.47. The molecule has 2 fully saturated rings. The van der Waals surface area contributed by atoms with Crippen molar-refractivity contribution in [2.75, 3.05) is 13.1 Å². The zero-order valence-corrected chi connectivity index (χ0v) is 15.5. The van der Waals surface area contributed by atoms with Gasteiger partial charge in [-0.1, -0.05) is 25.1 Å². The molecule has 2 heterocycles. The fraction of sp³-hybridized carbons (Fsp3) is 0.619. The van der Waals surface area contributed by atoms with Gasteiger partial charge in [-0.25, -0.2) is 0 Å². The molecule has 1 saturated heterocycles. The molecule has 26 heavy (non-hydrogen) atoms. The van der Waals surface area contributed by atoms with E-state index in [1.54, 1.807) is 0 Å². The van der Waals surface area contributed by atoms with E-state index in [2.05, 4.69) is 11.4 Å². The molecule has 1 aliphatic carbocycles. The van der Waals surface area contributed by atoms with Crippen molar-refractivity contribution in [3.05, 3.63) is 29.8 Å². The Kier molecular flexibility index (Phi) is 4.63. The molecule has 1 aromatic carbocycles.